The number of esters is 1. The molecule has 1 aliphatic heterocycles. The number of ether oxygens (including phenoxy) is 3. The Labute approximate surface area is 271 Å². The van der Waals surface area contributed by atoms with Crippen LogP contribution < -0.4 is 5.32 Å². The fourth-order valence-electron chi connectivity index (χ4n) is 5.20. The first kappa shape index (κ1) is 32.8. The average molecular weight is 648 g/mol. The summed E-state index contributed by atoms with van der Waals surface area (Å²) in [4.78, 5) is 23.6. The molecule has 11 heteroatoms. The number of hydrogen-bond donors (Lipinski definition) is 2. The molecule has 5 rings (SSSR count). The molecule has 5 unspecified atom stereocenters. The van der Waals surface area contributed by atoms with Crippen LogP contribution >= 0.6 is 23.1 Å². The molecule has 1 amide bonds. The zero-order valence-corrected chi connectivity index (χ0v) is 27.3. The van der Waals surface area contributed by atoms with E-state index < -0.39 is 18.4 Å². The van der Waals surface area contributed by atoms with E-state index in [0.717, 1.165) is 42.7 Å². The van der Waals surface area contributed by atoms with Crippen LogP contribution in [0.25, 0.3) is 11.1 Å². The standard InChI is InChI=1S/C34H37N3O6S2/c1-20-30(19-44-34-37-36-22(3)45-34)42-33(43-31(20)26-11-9-24(18-38)10-12-26)27-15-13-25(14-16-27)29-8-6-5-7-28(29)17-35-32(40)21(2)41-23(4)39/h5-16,20-21,30-31,33,38H,17-19H2,1-4H3,(H,35,40). The SMILES string of the molecule is CC(=O)OC(C)C(=O)NCc1ccccc1-c1ccc(C2OC(CSc3nnc(C)s3)C(C)C(c3ccc(CO)cc3)O2)cc1. The van der Waals surface area contributed by atoms with Crippen molar-refractivity contribution in [3.05, 3.63) is 100 Å². The van der Waals surface area contributed by atoms with Crippen LogP contribution in [0.15, 0.2) is 77.1 Å². The lowest BCUT2D eigenvalue weighted by Gasteiger charge is -2.41. The summed E-state index contributed by atoms with van der Waals surface area (Å²) in [7, 11) is 0. The van der Waals surface area contributed by atoms with E-state index in [-0.39, 0.29) is 30.6 Å². The van der Waals surface area contributed by atoms with Crippen LogP contribution in [0.3, 0.4) is 0 Å². The van der Waals surface area contributed by atoms with Crippen LogP contribution in [-0.2, 0) is 37.0 Å². The van der Waals surface area contributed by atoms with Crippen molar-refractivity contribution in [2.45, 2.75) is 69.8 Å². The van der Waals surface area contributed by atoms with Gasteiger partial charge in [0.05, 0.1) is 18.8 Å². The largest absolute Gasteiger partial charge is 0.453 e. The highest BCUT2D eigenvalue weighted by Gasteiger charge is 2.38. The molecule has 0 spiro atoms. The molecule has 9 nitrogen and oxygen atoms in total. The van der Waals surface area contributed by atoms with Crippen molar-refractivity contribution < 1.29 is 28.9 Å². The summed E-state index contributed by atoms with van der Waals surface area (Å²) in [5.41, 5.74) is 5.67. The predicted molar refractivity (Wildman–Crippen MR) is 173 cm³/mol. The van der Waals surface area contributed by atoms with Crippen LogP contribution in [0.1, 0.15) is 60.4 Å². The maximum absolute atomic E-state index is 12.4. The third kappa shape index (κ3) is 8.36. The van der Waals surface area contributed by atoms with Gasteiger partial charge in [0.2, 0.25) is 0 Å². The lowest BCUT2D eigenvalue weighted by atomic mass is 9.91. The number of aryl methyl sites for hydroxylation is 1. The third-order valence-electron chi connectivity index (χ3n) is 7.68. The number of thioether (sulfide) groups is 1. The van der Waals surface area contributed by atoms with Gasteiger partial charge in [0.15, 0.2) is 16.7 Å². The van der Waals surface area contributed by atoms with Crippen molar-refractivity contribution in [1.82, 2.24) is 15.5 Å². The first-order valence-corrected chi connectivity index (χ1v) is 16.6. The van der Waals surface area contributed by atoms with E-state index in [9.17, 15) is 14.7 Å². The van der Waals surface area contributed by atoms with Crippen molar-refractivity contribution in [2.24, 2.45) is 5.92 Å². The van der Waals surface area contributed by atoms with Crippen molar-refractivity contribution in [3.63, 3.8) is 0 Å². The van der Waals surface area contributed by atoms with E-state index >= 15 is 0 Å². The lowest BCUT2D eigenvalue weighted by molar-refractivity contribution is -0.268. The fraction of sp³-hybridized carbons (Fsp3) is 0.353. The van der Waals surface area contributed by atoms with Gasteiger partial charge in [0, 0.05) is 30.7 Å². The molecule has 4 aromatic rings. The van der Waals surface area contributed by atoms with E-state index in [1.54, 1.807) is 30.0 Å². The van der Waals surface area contributed by atoms with Gasteiger partial charge in [-0.1, -0.05) is 103 Å². The number of rotatable bonds is 11. The molecule has 1 aliphatic rings. The zero-order valence-electron chi connectivity index (χ0n) is 25.6. The van der Waals surface area contributed by atoms with E-state index in [0.29, 0.717) is 12.3 Å². The summed E-state index contributed by atoms with van der Waals surface area (Å²) in [5, 5.41) is 21.7. The second-order valence-electron chi connectivity index (χ2n) is 11.0. The topological polar surface area (TPSA) is 120 Å². The van der Waals surface area contributed by atoms with Gasteiger partial charge in [0.25, 0.3) is 5.91 Å². The number of benzene rings is 3. The third-order valence-corrected chi connectivity index (χ3v) is 9.74. The van der Waals surface area contributed by atoms with Gasteiger partial charge in [-0.2, -0.15) is 0 Å². The molecule has 0 radical (unpaired) electrons. The maximum Gasteiger partial charge on any atom is 0.303 e. The fourth-order valence-corrected chi connectivity index (χ4v) is 7.21. The van der Waals surface area contributed by atoms with E-state index in [1.807, 2.05) is 79.7 Å². The van der Waals surface area contributed by atoms with Gasteiger partial charge in [-0.15, -0.1) is 10.2 Å². The first-order valence-electron chi connectivity index (χ1n) is 14.8. The van der Waals surface area contributed by atoms with Crippen molar-refractivity contribution in [2.75, 3.05) is 5.75 Å². The highest BCUT2D eigenvalue weighted by molar-refractivity contribution is 8.01. The quantitative estimate of drug-likeness (QED) is 0.146. The lowest BCUT2D eigenvalue weighted by Crippen LogP contribution is -2.38. The van der Waals surface area contributed by atoms with Crippen molar-refractivity contribution >= 4 is 35.0 Å². The van der Waals surface area contributed by atoms with Crippen molar-refractivity contribution in [3.8, 4) is 11.1 Å². The maximum atomic E-state index is 12.4. The number of nitrogens with zero attached hydrogens (tertiary/aromatic N) is 2. The molecule has 236 valence electrons. The smallest absolute Gasteiger partial charge is 0.303 e. The van der Waals surface area contributed by atoms with Gasteiger partial charge in [-0.3, -0.25) is 9.59 Å². The normalized spacial score (nSPS) is 20.4. The van der Waals surface area contributed by atoms with Gasteiger partial charge in [-0.05, 0) is 41.7 Å². The molecule has 3 aromatic carbocycles. The minimum atomic E-state index is -0.867. The molecule has 1 aromatic heterocycles. The minimum absolute atomic E-state index is 0.0110. The number of carbonyl (C=O) groups is 2. The molecule has 2 heterocycles. The van der Waals surface area contributed by atoms with Gasteiger partial charge in [0.1, 0.15) is 5.01 Å². The van der Waals surface area contributed by atoms with Gasteiger partial charge in [-0.25, -0.2) is 0 Å². The summed E-state index contributed by atoms with van der Waals surface area (Å²) >= 11 is 3.21. The summed E-state index contributed by atoms with van der Waals surface area (Å²) in [6, 6.07) is 23.8. The number of nitrogens with one attached hydrogen (secondary N) is 1. The van der Waals surface area contributed by atoms with Crippen LogP contribution in [0, 0.1) is 12.8 Å². The molecule has 1 fully saturated rings. The summed E-state index contributed by atoms with van der Waals surface area (Å²) in [6.07, 6.45) is -1.78. The van der Waals surface area contributed by atoms with Crippen LogP contribution in [-0.4, -0.2) is 45.1 Å². The number of carbonyl (C=O) groups excluding carboxylic acids is 2. The Kier molecular flexibility index (Phi) is 11.0. The molecule has 1 saturated heterocycles. The van der Waals surface area contributed by atoms with Gasteiger partial charge < -0.3 is 24.6 Å². The molecule has 45 heavy (non-hydrogen) atoms. The summed E-state index contributed by atoms with van der Waals surface area (Å²) in [5.74, 6) is -0.0893. The Morgan fingerprint density at radius 1 is 1.02 bits per heavy atom. The Morgan fingerprint density at radius 2 is 1.73 bits per heavy atom. The molecule has 2 N–H and O–H groups in total. The molecule has 0 aliphatic carbocycles. The monoisotopic (exact) mass is 647 g/mol. The number of hydrogen-bond acceptors (Lipinski definition) is 10. The molecular weight excluding hydrogens is 611 g/mol. The van der Waals surface area contributed by atoms with Crippen LogP contribution in [0.5, 0.6) is 0 Å². The molecule has 0 saturated carbocycles. The second kappa shape index (κ2) is 15.1. The Hall–Kier alpha value is -3.61. The summed E-state index contributed by atoms with van der Waals surface area (Å²) < 4.78 is 19.1. The highest BCUT2D eigenvalue weighted by Crippen LogP contribution is 2.43. The van der Waals surface area contributed by atoms with Crippen LogP contribution in [0.2, 0.25) is 0 Å². The predicted octanol–water partition coefficient (Wildman–Crippen LogP) is 6.16. The Morgan fingerprint density at radius 3 is 2.40 bits per heavy atom. The molecule has 0 bridgehead atoms. The number of aromatic nitrogens is 2. The number of aliphatic hydroxyl groups excluding tert-OH is 1. The molecular formula is C34H37N3O6S2. The number of amides is 1. The van der Waals surface area contributed by atoms with E-state index in [4.69, 9.17) is 14.2 Å². The Balaban J connectivity index is 1.34. The van der Waals surface area contributed by atoms with E-state index in [1.165, 1.54) is 6.92 Å². The highest BCUT2D eigenvalue weighted by atomic mass is 32.2. The zero-order chi connectivity index (χ0) is 31.9. The van der Waals surface area contributed by atoms with Crippen LogP contribution in [0.4, 0.5) is 0 Å². The number of aliphatic hydroxyl groups is 1. The Bertz CT molecular complexity index is 1590. The summed E-state index contributed by atoms with van der Waals surface area (Å²) in [6.45, 7) is 7.20. The second-order valence-corrected chi connectivity index (χ2v) is 13.4. The minimum Gasteiger partial charge on any atom is -0.453 e. The van der Waals surface area contributed by atoms with Crippen molar-refractivity contribution in [1.29, 1.82) is 0 Å². The van der Waals surface area contributed by atoms with E-state index in [2.05, 4.69) is 22.4 Å². The average Bonchev–Trinajstić information content (AvgIpc) is 3.47. The first-order chi connectivity index (χ1) is 21.7. The van der Waals surface area contributed by atoms with Gasteiger partial charge >= 0.3 is 5.97 Å². The molecule has 5 atom stereocenters.